The minimum Gasteiger partial charge on any atom is -0.383 e. The Labute approximate surface area is 101 Å². The standard InChI is InChI=1S/C9H12IN5/c1-6-7(4-14(2)13-6)5-15-9(11)8(10)3-12-15/h3-4H,5,11H2,1-2H3. The smallest absolute Gasteiger partial charge is 0.135 e. The molecule has 0 aliphatic carbocycles. The zero-order valence-electron chi connectivity index (χ0n) is 8.61. The van der Waals surface area contributed by atoms with Crippen LogP contribution >= 0.6 is 22.6 Å². The van der Waals surface area contributed by atoms with Crippen LogP contribution < -0.4 is 5.73 Å². The molecule has 0 fully saturated rings. The van der Waals surface area contributed by atoms with Crippen LogP contribution in [0.15, 0.2) is 12.4 Å². The molecule has 0 saturated carbocycles. The predicted octanol–water partition coefficient (Wildman–Crippen LogP) is 1.16. The van der Waals surface area contributed by atoms with Gasteiger partial charge in [-0.15, -0.1) is 0 Å². The van der Waals surface area contributed by atoms with Gasteiger partial charge in [0.25, 0.3) is 0 Å². The molecule has 2 N–H and O–H groups in total. The van der Waals surface area contributed by atoms with E-state index in [-0.39, 0.29) is 0 Å². The third-order valence-corrected chi connectivity index (χ3v) is 3.10. The van der Waals surface area contributed by atoms with Crippen molar-refractivity contribution in [3.63, 3.8) is 0 Å². The van der Waals surface area contributed by atoms with Crippen molar-refractivity contribution < 1.29 is 0 Å². The van der Waals surface area contributed by atoms with Crippen molar-refractivity contribution in [3.8, 4) is 0 Å². The number of hydrogen-bond donors (Lipinski definition) is 1. The van der Waals surface area contributed by atoms with Crippen molar-refractivity contribution >= 4 is 28.4 Å². The SMILES string of the molecule is Cc1nn(C)cc1Cn1ncc(I)c1N. The summed E-state index contributed by atoms with van der Waals surface area (Å²) in [6, 6.07) is 0. The van der Waals surface area contributed by atoms with Crippen molar-refractivity contribution in [3.05, 3.63) is 27.2 Å². The molecule has 0 aromatic carbocycles. The molecule has 80 valence electrons. The zero-order chi connectivity index (χ0) is 11.0. The highest BCUT2D eigenvalue weighted by atomic mass is 127. The average molecular weight is 317 g/mol. The molecule has 0 aliphatic heterocycles. The average Bonchev–Trinajstić information content (AvgIpc) is 2.64. The first-order valence-corrected chi connectivity index (χ1v) is 5.61. The Kier molecular flexibility index (Phi) is 2.68. The van der Waals surface area contributed by atoms with Crippen LogP contribution in [-0.4, -0.2) is 19.6 Å². The highest BCUT2D eigenvalue weighted by molar-refractivity contribution is 14.1. The number of rotatable bonds is 2. The minimum absolute atomic E-state index is 0.675. The molecule has 0 radical (unpaired) electrons. The number of nitrogens with two attached hydrogens (primary N) is 1. The molecule has 0 aliphatic rings. The van der Waals surface area contributed by atoms with Gasteiger partial charge in [0.05, 0.1) is 22.0 Å². The van der Waals surface area contributed by atoms with Crippen LogP contribution in [0.5, 0.6) is 0 Å². The molecule has 2 aromatic rings. The molecule has 2 rings (SSSR count). The molecule has 5 nitrogen and oxygen atoms in total. The van der Waals surface area contributed by atoms with Crippen molar-refractivity contribution in [2.24, 2.45) is 7.05 Å². The van der Waals surface area contributed by atoms with Crippen LogP contribution in [0.4, 0.5) is 5.82 Å². The molecule has 0 saturated heterocycles. The van der Waals surface area contributed by atoms with Crippen molar-refractivity contribution in [1.29, 1.82) is 0 Å². The van der Waals surface area contributed by atoms with Gasteiger partial charge in [0.15, 0.2) is 0 Å². The molecule has 15 heavy (non-hydrogen) atoms. The molecule has 2 aromatic heterocycles. The second kappa shape index (κ2) is 3.84. The van der Waals surface area contributed by atoms with E-state index < -0.39 is 0 Å². The maximum absolute atomic E-state index is 5.87. The van der Waals surface area contributed by atoms with E-state index in [9.17, 15) is 0 Å². The van der Waals surface area contributed by atoms with Crippen molar-refractivity contribution in [1.82, 2.24) is 19.6 Å². The largest absolute Gasteiger partial charge is 0.383 e. The third kappa shape index (κ3) is 1.99. The lowest BCUT2D eigenvalue weighted by molar-refractivity contribution is 0.693. The molecule has 0 atom stereocenters. The number of anilines is 1. The molecule has 0 bridgehead atoms. The van der Waals surface area contributed by atoms with Gasteiger partial charge in [-0.1, -0.05) is 0 Å². The Hall–Kier alpha value is -1.05. The molecule has 2 heterocycles. The first kappa shape index (κ1) is 10.5. The summed E-state index contributed by atoms with van der Waals surface area (Å²) < 4.78 is 4.57. The Bertz CT molecular complexity index is 485. The van der Waals surface area contributed by atoms with E-state index >= 15 is 0 Å². The maximum Gasteiger partial charge on any atom is 0.135 e. The van der Waals surface area contributed by atoms with Gasteiger partial charge in [-0.05, 0) is 29.5 Å². The zero-order valence-corrected chi connectivity index (χ0v) is 10.8. The molecular formula is C9H12IN5. The first-order chi connectivity index (χ1) is 7.08. The lowest BCUT2D eigenvalue weighted by Crippen LogP contribution is -2.06. The minimum atomic E-state index is 0.675. The Morgan fingerprint density at radius 2 is 2.27 bits per heavy atom. The van der Waals surface area contributed by atoms with Gasteiger partial charge >= 0.3 is 0 Å². The van der Waals surface area contributed by atoms with E-state index in [1.165, 1.54) is 0 Å². The lowest BCUT2D eigenvalue weighted by Gasteiger charge is -2.02. The Balaban J connectivity index is 2.29. The van der Waals surface area contributed by atoms with E-state index in [4.69, 9.17) is 5.73 Å². The number of hydrogen-bond acceptors (Lipinski definition) is 3. The van der Waals surface area contributed by atoms with E-state index in [1.807, 2.05) is 20.2 Å². The molecule has 0 amide bonds. The van der Waals surface area contributed by atoms with Gasteiger partial charge in [0, 0.05) is 18.8 Å². The highest BCUT2D eigenvalue weighted by Gasteiger charge is 2.08. The van der Waals surface area contributed by atoms with Crippen LogP contribution in [0.2, 0.25) is 0 Å². The lowest BCUT2D eigenvalue weighted by atomic mass is 10.3. The van der Waals surface area contributed by atoms with E-state index in [1.54, 1.807) is 15.6 Å². The number of aryl methyl sites for hydroxylation is 2. The summed E-state index contributed by atoms with van der Waals surface area (Å²) in [5.74, 6) is 0.707. The quantitative estimate of drug-likeness (QED) is 0.846. The fourth-order valence-corrected chi connectivity index (χ4v) is 1.87. The van der Waals surface area contributed by atoms with E-state index in [2.05, 4.69) is 32.8 Å². The van der Waals surface area contributed by atoms with E-state index in [0.717, 1.165) is 14.8 Å². The summed E-state index contributed by atoms with van der Waals surface area (Å²) in [5.41, 5.74) is 8.03. The summed E-state index contributed by atoms with van der Waals surface area (Å²) in [5, 5.41) is 8.48. The van der Waals surface area contributed by atoms with Crippen molar-refractivity contribution in [2.45, 2.75) is 13.5 Å². The number of nitrogen functional groups attached to an aromatic ring is 1. The van der Waals surface area contributed by atoms with Gasteiger partial charge < -0.3 is 5.73 Å². The van der Waals surface area contributed by atoms with Gasteiger partial charge in [-0.3, -0.25) is 4.68 Å². The van der Waals surface area contributed by atoms with Crippen LogP contribution in [0.1, 0.15) is 11.3 Å². The number of halogens is 1. The molecule has 6 heteroatoms. The monoisotopic (exact) mass is 317 g/mol. The van der Waals surface area contributed by atoms with Crippen LogP contribution in [0.25, 0.3) is 0 Å². The summed E-state index contributed by atoms with van der Waals surface area (Å²) in [6.45, 7) is 2.66. The fraction of sp³-hybridized carbons (Fsp3) is 0.333. The van der Waals surface area contributed by atoms with Gasteiger partial charge in [0.1, 0.15) is 5.82 Å². The Morgan fingerprint density at radius 1 is 1.53 bits per heavy atom. The van der Waals surface area contributed by atoms with Crippen LogP contribution in [0, 0.1) is 10.5 Å². The van der Waals surface area contributed by atoms with Gasteiger partial charge in [-0.25, -0.2) is 4.68 Å². The second-order valence-electron chi connectivity index (χ2n) is 3.45. The summed E-state index contributed by atoms with van der Waals surface area (Å²) in [6.07, 6.45) is 3.75. The summed E-state index contributed by atoms with van der Waals surface area (Å²) in [7, 11) is 1.91. The number of aromatic nitrogens is 4. The van der Waals surface area contributed by atoms with E-state index in [0.29, 0.717) is 12.4 Å². The second-order valence-corrected chi connectivity index (χ2v) is 4.61. The fourth-order valence-electron chi connectivity index (χ4n) is 1.46. The highest BCUT2D eigenvalue weighted by Crippen LogP contribution is 2.15. The number of nitrogens with zero attached hydrogens (tertiary/aromatic N) is 4. The normalized spacial score (nSPS) is 10.9. The summed E-state index contributed by atoms with van der Waals surface area (Å²) in [4.78, 5) is 0. The van der Waals surface area contributed by atoms with Crippen LogP contribution in [-0.2, 0) is 13.6 Å². The third-order valence-electron chi connectivity index (χ3n) is 2.27. The van der Waals surface area contributed by atoms with Gasteiger partial charge in [-0.2, -0.15) is 10.2 Å². The topological polar surface area (TPSA) is 61.7 Å². The Morgan fingerprint density at radius 3 is 2.73 bits per heavy atom. The first-order valence-electron chi connectivity index (χ1n) is 4.54. The predicted molar refractivity (Wildman–Crippen MR) is 66.4 cm³/mol. The van der Waals surface area contributed by atoms with Gasteiger partial charge in [0.2, 0.25) is 0 Å². The maximum atomic E-state index is 5.87. The summed E-state index contributed by atoms with van der Waals surface area (Å²) >= 11 is 2.17. The van der Waals surface area contributed by atoms with Crippen LogP contribution in [0.3, 0.4) is 0 Å². The molecule has 0 spiro atoms. The molecule has 0 unspecified atom stereocenters. The van der Waals surface area contributed by atoms with Crippen molar-refractivity contribution in [2.75, 3.05) is 5.73 Å². The molecular weight excluding hydrogens is 305 g/mol.